The zero-order valence-electron chi connectivity index (χ0n) is 10.5. The number of pyridine rings is 1. The fourth-order valence-corrected chi connectivity index (χ4v) is 2.40. The molecule has 0 fully saturated rings. The number of halogens is 1. The van der Waals surface area contributed by atoms with Gasteiger partial charge in [0, 0.05) is 6.20 Å². The Morgan fingerprint density at radius 3 is 2.84 bits per heavy atom. The molecular formula is C15H13BrN2O. The van der Waals surface area contributed by atoms with E-state index in [4.69, 9.17) is 4.74 Å². The van der Waals surface area contributed by atoms with E-state index < -0.39 is 0 Å². The van der Waals surface area contributed by atoms with Crippen LogP contribution in [0.15, 0.2) is 53.3 Å². The zero-order valence-corrected chi connectivity index (χ0v) is 12.1. The molecule has 3 nitrogen and oxygen atoms in total. The van der Waals surface area contributed by atoms with E-state index in [1.165, 1.54) is 5.56 Å². The van der Waals surface area contributed by atoms with E-state index in [2.05, 4.69) is 33.9 Å². The number of rotatable bonds is 3. The summed E-state index contributed by atoms with van der Waals surface area (Å²) in [5.74, 6) is 0.871. The van der Waals surface area contributed by atoms with E-state index in [0.717, 1.165) is 21.7 Å². The normalized spacial score (nSPS) is 10.8. The number of fused-ring (bicyclic) bond motifs is 1. The van der Waals surface area contributed by atoms with Gasteiger partial charge >= 0.3 is 0 Å². The fraction of sp³-hybridized carbons (Fsp3) is 0.133. The first-order valence-corrected chi connectivity index (χ1v) is 6.84. The number of benzene rings is 1. The maximum absolute atomic E-state index is 5.75. The number of hydrogen-bond donors (Lipinski definition) is 0. The van der Waals surface area contributed by atoms with Crippen molar-refractivity contribution in [2.45, 2.75) is 13.5 Å². The third-order valence-electron chi connectivity index (χ3n) is 2.87. The van der Waals surface area contributed by atoms with Gasteiger partial charge in [-0.1, -0.05) is 18.2 Å². The van der Waals surface area contributed by atoms with E-state index >= 15 is 0 Å². The molecule has 0 unspecified atom stereocenters. The Kier molecular flexibility index (Phi) is 3.25. The molecule has 0 spiro atoms. The average Bonchev–Trinajstić information content (AvgIpc) is 2.81. The molecule has 0 aliphatic rings. The van der Waals surface area contributed by atoms with Gasteiger partial charge in [0.1, 0.15) is 18.0 Å². The Balaban J connectivity index is 1.80. The van der Waals surface area contributed by atoms with Crippen molar-refractivity contribution in [3.63, 3.8) is 0 Å². The van der Waals surface area contributed by atoms with Gasteiger partial charge in [0.15, 0.2) is 0 Å². The van der Waals surface area contributed by atoms with Crippen LogP contribution in [0.1, 0.15) is 11.3 Å². The molecule has 0 saturated heterocycles. The lowest BCUT2D eigenvalue weighted by Gasteiger charge is -2.04. The Hall–Kier alpha value is -1.81. The van der Waals surface area contributed by atoms with Crippen molar-refractivity contribution in [1.82, 2.24) is 9.38 Å². The SMILES string of the molecule is Cc1cccc(OCc2cn3c(Br)cccc3n2)c1. The summed E-state index contributed by atoms with van der Waals surface area (Å²) < 4.78 is 8.73. The lowest BCUT2D eigenvalue weighted by Crippen LogP contribution is -1.95. The Morgan fingerprint density at radius 1 is 1.21 bits per heavy atom. The summed E-state index contributed by atoms with van der Waals surface area (Å²) >= 11 is 3.50. The molecule has 0 radical (unpaired) electrons. The number of aryl methyl sites for hydroxylation is 1. The van der Waals surface area contributed by atoms with Gasteiger partial charge in [-0.15, -0.1) is 0 Å². The van der Waals surface area contributed by atoms with Gasteiger partial charge in [0.05, 0.1) is 10.3 Å². The van der Waals surface area contributed by atoms with Crippen LogP contribution in [-0.4, -0.2) is 9.38 Å². The summed E-state index contributed by atoms with van der Waals surface area (Å²) in [4.78, 5) is 4.52. The first-order chi connectivity index (χ1) is 9.22. The van der Waals surface area contributed by atoms with Crippen molar-refractivity contribution in [3.8, 4) is 5.75 Å². The predicted octanol–water partition coefficient (Wildman–Crippen LogP) is 3.98. The summed E-state index contributed by atoms with van der Waals surface area (Å²) in [5, 5.41) is 0. The molecule has 2 heterocycles. The third kappa shape index (κ3) is 2.63. The van der Waals surface area contributed by atoms with Crippen LogP contribution in [-0.2, 0) is 6.61 Å². The molecule has 19 heavy (non-hydrogen) atoms. The molecule has 96 valence electrons. The highest BCUT2D eigenvalue weighted by Crippen LogP contribution is 2.17. The van der Waals surface area contributed by atoms with Crippen LogP contribution in [0.25, 0.3) is 5.65 Å². The van der Waals surface area contributed by atoms with Gasteiger partial charge < -0.3 is 4.74 Å². The van der Waals surface area contributed by atoms with Gasteiger partial charge in [-0.3, -0.25) is 4.40 Å². The number of hydrogen-bond acceptors (Lipinski definition) is 2. The molecule has 0 aliphatic carbocycles. The minimum atomic E-state index is 0.470. The molecule has 1 aromatic carbocycles. The maximum Gasteiger partial charge on any atom is 0.138 e. The number of imidazole rings is 1. The molecule has 0 aliphatic heterocycles. The van der Waals surface area contributed by atoms with Crippen molar-refractivity contribution in [2.24, 2.45) is 0 Å². The monoisotopic (exact) mass is 316 g/mol. The quantitative estimate of drug-likeness (QED) is 0.683. The van der Waals surface area contributed by atoms with Gasteiger partial charge in [-0.25, -0.2) is 4.98 Å². The van der Waals surface area contributed by atoms with Crippen LogP contribution in [0, 0.1) is 6.92 Å². The first kappa shape index (κ1) is 12.2. The molecule has 0 bridgehead atoms. The predicted molar refractivity (Wildman–Crippen MR) is 78.4 cm³/mol. The molecule has 0 saturated carbocycles. The largest absolute Gasteiger partial charge is 0.487 e. The Bertz CT molecular complexity index is 721. The average molecular weight is 317 g/mol. The summed E-state index contributed by atoms with van der Waals surface area (Å²) in [6, 6.07) is 13.9. The molecule has 4 heteroatoms. The number of nitrogens with zero attached hydrogens (tertiary/aromatic N) is 2. The topological polar surface area (TPSA) is 26.5 Å². The van der Waals surface area contributed by atoms with Crippen molar-refractivity contribution < 1.29 is 4.74 Å². The second kappa shape index (κ2) is 5.05. The molecule has 0 N–H and O–H groups in total. The van der Waals surface area contributed by atoms with Gasteiger partial charge in [-0.05, 0) is 52.7 Å². The minimum absolute atomic E-state index is 0.470. The smallest absolute Gasteiger partial charge is 0.138 e. The highest BCUT2D eigenvalue weighted by Gasteiger charge is 2.04. The summed E-state index contributed by atoms with van der Waals surface area (Å²) in [5.41, 5.74) is 3.01. The van der Waals surface area contributed by atoms with Gasteiger partial charge in [0.25, 0.3) is 0 Å². The highest BCUT2D eigenvalue weighted by molar-refractivity contribution is 9.10. The van der Waals surface area contributed by atoms with E-state index in [1.54, 1.807) is 0 Å². The van der Waals surface area contributed by atoms with Gasteiger partial charge in [-0.2, -0.15) is 0 Å². The summed E-state index contributed by atoms with van der Waals surface area (Å²) in [7, 11) is 0. The van der Waals surface area contributed by atoms with E-state index in [-0.39, 0.29) is 0 Å². The number of aromatic nitrogens is 2. The number of ether oxygens (including phenoxy) is 1. The minimum Gasteiger partial charge on any atom is -0.487 e. The summed E-state index contributed by atoms with van der Waals surface area (Å²) in [6.07, 6.45) is 1.98. The van der Waals surface area contributed by atoms with Crippen molar-refractivity contribution in [3.05, 3.63) is 64.5 Å². The Labute approximate surface area is 120 Å². The molecule has 3 rings (SSSR count). The second-order valence-corrected chi connectivity index (χ2v) is 5.23. The Morgan fingerprint density at radius 2 is 2.05 bits per heavy atom. The van der Waals surface area contributed by atoms with E-state index in [0.29, 0.717) is 6.61 Å². The third-order valence-corrected chi connectivity index (χ3v) is 3.51. The van der Waals surface area contributed by atoms with Crippen molar-refractivity contribution in [1.29, 1.82) is 0 Å². The van der Waals surface area contributed by atoms with Crippen molar-refractivity contribution in [2.75, 3.05) is 0 Å². The van der Waals surface area contributed by atoms with E-state index in [1.807, 2.05) is 47.0 Å². The van der Waals surface area contributed by atoms with Crippen LogP contribution < -0.4 is 4.74 Å². The molecule has 3 aromatic rings. The lowest BCUT2D eigenvalue weighted by molar-refractivity contribution is 0.302. The van der Waals surface area contributed by atoms with E-state index in [9.17, 15) is 0 Å². The van der Waals surface area contributed by atoms with Crippen LogP contribution in [0.4, 0.5) is 0 Å². The van der Waals surface area contributed by atoms with Crippen LogP contribution in [0.2, 0.25) is 0 Å². The molecule has 0 atom stereocenters. The second-order valence-electron chi connectivity index (χ2n) is 4.41. The lowest BCUT2D eigenvalue weighted by atomic mass is 10.2. The molecule has 2 aromatic heterocycles. The fourth-order valence-electron chi connectivity index (χ4n) is 1.96. The van der Waals surface area contributed by atoms with Crippen LogP contribution >= 0.6 is 15.9 Å². The molecule has 0 amide bonds. The maximum atomic E-state index is 5.75. The standard InChI is InChI=1S/C15H13BrN2O/c1-11-4-2-5-13(8-11)19-10-12-9-18-14(16)6-3-7-15(18)17-12/h2-9H,10H2,1H3. The first-order valence-electron chi connectivity index (χ1n) is 6.04. The highest BCUT2D eigenvalue weighted by atomic mass is 79.9. The van der Waals surface area contributed by atoms with Gasteiger partial charge in [0.2, 0.25) is 0 Å². The van der Waals surface area contributed by atoms with Crippen LogP contribution in [0.3, 0.4) is 0 Å². The summed E-state index contributed by atoms with van der Waals surface area (Å²) in [6.45, 7) is 2.52. The van der Waals surface area contributed by atoms with Crippen molar-refractivity contribution >= 4 is 21.6 Å². The van der Waals surface area contributed by atoms with Crippen LogP contribution in [0.5, 0.6) is 5.75 Å². The zero-order chi connectivity index (χ0) is 13.2. The molecular weight excluding hydrogens is 304 g/mol.